The van der Waals surface area contributed by atoms with Crippen molar-refractivity contribution in [3.8, 4) is 0 Å². The second-order valence-corrected chi connectivity index (χ2v) is 6.72. The lowest BCUT2D eigenvalue weighted by Gasteiger charge is -2.19. The lowest BCUT2D eigenvalue weighted by atomic mass is 10.1. The largest absolute Gasteiger partial charge is 0.468 e. The maximum Gasteiger partial charge on any atom is 0.191 e. The van der Waals surface area contributed by atoms with Crippen LogP contribution < -0.4 is 10.6 Å². The van der Waals surface area contributed by atoms with Gasteiger partial charge in [0.1, 0.15) is 5.76 Å². The van der Waals surface area contributed by atoms with E-state index in [9.17, 15) is 0 Å². The minimum Gasteiger partial charge on any atom is -0.468 e. The maximum absolute atomic E-state index is 5.44. The van der Waals surface area contributed by atoms with E-state index in [2.05, 4.69) is 60.7 Å². The van der Waals surface area contributed by atoms with Crippen molar-refractivity contribution in [3.05, 3.63) is 59.5 Å². The van der Waals surface area contributed by atoms with Crippen LogP contribution in [0.5, 0.6) is 0 Å². The molecule has 2 N–H and O–H groups in total. The first-order valence-corrected chi connectivity index (χ1v) is 9.43. The number of ether oxygens (including phenoxy) is 1. The Morgan fingerprint density at radius 2 is 1.96 bits per heavy atom. The molecule has 0 spiro atoms. The maximum atomic E-state index is 5.44. The molecule has 0 aliphatic rings. The molecule has 1 aromatic heterocycles. The van der Waals surface area contributed by atoms with Crippen molar-refractivity contribution in [2.45, 2.75) is 39.5 Å². The molecule has 0 amide bonds. The number of hydrogen-bond donors (Lipinski definition) is 2. The number of nitrogens with zero attached hydrogens (tertiary/aromatic N) is 2. The predicted molar refractivity (Wildman–Crippen MR) is 110 cm³/mol. The Kier molecular flexibility index (Phi) is 8.87. The molecule has 6 nitrogen and oxygen atoms in total. The molecular weight excluding hydrogens is 340 g/mol. The smallest absolute Gasteiger partial charge is 0.191 e. The minimum absolute atomic E-state index is 0.197. The number of nitrogens with one attached hydrogen (secondary N) is 2. The van der Waals surface area contributed by atoms with Crippen LogP contribution in [0.4, 0.5) is 0 Å². The van der Waals surface area contributed by atoms with Gasteiger partial charge in [0.05, 0.1) is 26.0 Å². The molecule has 0 fully saturated rings. The molecule has 2 aromatic rings. The fraction of sp³-hybridized carbons (Fsp3) is 0.476. The van der Waals surface area contributed by atoms with Crippen LogP contribution in [-0.2, 0) is 24.4 Å². The Hall–Kier alpha value is -2.31. The third-order valence-corrected chi connectivity index (χ3v) is 4.12. The minimum atomic E-state index is 0.197. The van der Waals surface area contributed by atoms with Crippen molar-refractivity contribution in [2.75, 3.05) is 27.3 Å². The molecule has 0 radical (unpaired) electrons. The molecule has 0 bridgehead atoms. The molecule has 1 aromatic carbocycles. The zero-order valence-corrected chi connectivity index (χ0v) is 16.9. The number of rotatable bonds is 10. The van der Waals surface area contributed by atoms with E-state index in [1.54, 1.807) is 13.4 Å². The molecule has 27 heavy (non-hydrogen) atoms. The fourth-order valence-corrected chi connectivity index (χ4v) is 2.89. The fourth-order valence-electron chi connectivity index (χ4n) is 2.89. The molecular formula is C21H32N4O2. The average Bonchev–Trinajstić information content (AvgIpc) is 3.14. The molecule has 148 valence electrons. The van der Waals surface area contributed by atoms with Crippen molar-refractivity contribution in [3.63, 3.8) is 0 Å². The van der Waals surface area contributed by atoms with Crippen LogP contribution in [0.1, 0.15) is 30.7 Å². The summed E-state index contributed by atoms with van der Waals surface area (Å²) in [6, 6.07) is 12.6. The lowest BCUT2D eigenvalue weighted by molar-refractivity contribution is 0.179. The summed E-state index contributed by atoms with van der Waals surface area (Å²) in [5.41, 5.74) is 2.50. The van der Waals surface area contributed by atoms with Crippen molar-refractivity contribution >= 4 is 5.96 Å². The Balaban J connectivity index is 2.02. The lowest BCUT2D eigenvalue weighted by Crippen LogP contribution is -2.43. The van der Waals surface area contributed by atoms with Crippen molar-refractivity contribution in [2.24, 2.45) is 4.99 Å². The van der Waals surface area contributed by atoms with Crippen LogP contribution in [0.3, 0.4) is 0 Å². The molecule has 0 saturated heterocycles. The first-order chi connectivity index (χ1) is 13.1. The van der Waals surface area contributed by atoms with E-state index in [-0.39, 0.29) is 6.04 Å². The Bertz CT molecular complexity index is 685. The molecule has 1 atom stereocenters. The first-order valence-electron chi connectivity index (χ1n) is 9.43. The summed E-state index contributed by atoms with van der Waals surface area (Å²) in [6.45, 7) is 7.85. The summed E-state index contributed by atoms with van der Waals surface area (Å²) < 4.78 is 10.6. The van der Waals surface area contributed by atoms with Gasteiger partial charge in [0, 0.05) is 26.2 Å². The molecule has 6 heteroatoms. The summed E-state index contributed by atoms with van der Waals surface area (Å²) >= 11 is 0. The van der Waals surface area contributed by atoms with E-state index in [1.807, 2.05) is 12.1 Å². The van der Waals surface area contributed by atoms with E-state index in [1.165, 1.54) is 11.1 Å². The SMILES string of the molecule is CCNC(=NCc1ccccc1CN(C)Cc1ccco1)NC(C)COC. The number of hydrogen-bond acceptors (Lipinski definition) is 4. The second kappa shape index (κ2) is 11.4. The number of benzene rings is 1. The Labute approximate surface area is 162 Å². The van der Waals surface area contributed by atoms with Crippen LogP contribution in [0, 0.1) is 0 Å². The van der Waals surface area contributed by atoms with Crippen molar-refractivity contribution in [1.29, 1.82) is 0 Å². The highest BCUT2D eigenvalue weighted by Crippen LogP contribution is 2.14. The van der Waals surface area contributed by atoms with Crippen LogP contribution in [-0.4, -0.2) is 44.2 Å². The topological polar surface area (TPSA) is 62.0 Å². The van der Waals surface area contributed by atoms with Crippen LogP contribution in [0.25, 0.3) is 0 Å². The number of aliphatic imine (C=N–C) groups is 1. The third kappa shape index (κ3) is 7.45. The number of methoxy groups -OCH3 is 1. The van der Waals surface area contributed by atoms with Gasteiger partial charge in [0.15, 0.2) is 5.96 Å². The molecule has 0 aliphatic heterocycles. The zero-order valence-electron chi connectivity index (χ0n) is 16.9. The highest BCUT2D eigenvalue weighted by atomic mass is 16.5. The van der Waals surface area contributed by atoms with Gasteiger partial charge in [0.25, 0.3) is 0 Å². The van der Waals surface area contributed by atoms with Gasteiger partial charge in [-0.2, -0.15) is 0 Å². The summed E-state index contributed by atoms with van der Waals surface area (Å²) in [6.07, 6.45) is 1.71. The van der Waals surface area contributed by atoms with E-state index in [0.29, 0.717) is 13.2 Å². The molecule has 0 saturated carbocycles. The number of guanidine groups is 1. The first kappa shape index (κ1) is 21.0. The molecule has 0 aliphatic carbocycles. The highest BCUT2D eigenvalue weighted by Gasteiger charge is 2.09. The summed E-state index contributed by atoms with van der Waals surface area (Å²) in [7, 11) is 3.80. The Morgan fingerprint density at radius 1 is 1.19 bits per heavy atom. The van der Waals surface area contributed by atoms with Crippen LogP contribution >= 0.6 is 0 Å². The van der Waals surface area contributed by atoms with Gasteiger partial charge < -0.3 is 19.8 Å². The molecule has 1 unspecified atom stereocenters. The monoisotopic (exact) mass is 372 g/mol. The van der Waals surface area contributed by atoms with Gasteiger partial charge in [-0.05, 0) is 44.2 Å². The Morgan fingerprint density at radius 3 is 2.63 bits per heavy atom. The average molecular weight is 373 g/mol. The second-order valence-electron chi connectivity index (χ2n) is 6.72. The van der Waals surface area contributed by atoms with Gasteiger partial charge >= 0.3 is 0 Å². The molecule has 2 rings (SSSR count). The summed E-state index contributed by atoms with van der Waals surface area (Å²) in [4.78, 5) is 6.99. The van der Waals surface area contributed by atoms with Gasteiger partial charge in [0.2, 0.25) is 0 Å². The standard InChI is InChI=1S/C21H32N4O2/c1-5-22-21(24-17(2)16-26-4)23-13-18-9-6-7-10-19(18)14-25(3)15-20-11-8-12-27-20/h6-12,17H,5,13-16H2,1-4H3,(H2,22,23,24). The van der Waals surface area contributed by atoms with Gasteiger partial charge in [-0.15, -0.1) is 0 Å². The van der Waals surface area contributed by atoms with Crippen molar-refractivity contribution in [1.82, 2.24) is 15.5 Å². The van der Waals surface area contributed by atoms with Crippen LogP contribution in [0.2, 0.25) is 0 Å². The molecule has 1 heterocycles. The van der Waals surface area contributed by atoms with E-state index in [4.69, 9.17) is 14.1 Å². The summed E-state index contributed by atoms with van der Waals surface area (Å²) in [5, 5.41) is 6.66. The quantitative estimate of drug-likeness (QED) is 0.496. The van der Waals surface area contributed by atoms with E-state index >= 15 is 0 Å². The predicted octanol–water partition coefficient (Wildman–Crippen LogP) is 3.00. The van der Waals surface area contributed by atoms with E-state index < -0.39 is 0 Å². The van der Waals surface area contributed by atoms with Gasteiger partial charge in [-0.25, -0.2) is 4.99 Å². The van der Waals surface area contributed by atoms with E-state index in [0.717, 1.165) is 31.4 Å². The van der Waals surface area contributed by atoms with Crippen LogP contribution in [0.15, 0.2) is 52.1 Å². The third-order valence-electron chi connectivity index (χ3n) is 4.12. The van der Waals surface area contributed by atoms with Gasteiger partial charge in [-0.1, -0.05) is 24.3 Å². The zero-order chi connectivity index (χ0) is 19.5. The van der Waals surface area contributed by atoms with Gasteiger partial charge in [-0.3, -0.25) is 4.90 Å². The summed E-state index contributed by atoms with van der Waals surface area (Å²) in [5.74, 6) is 1.78. The van der Waals surface area contributed by atoms with Crippen molar-refractivity contribution < 1.29 is 9.15 Å². The highest BCUT2D eigenvalue weighted by molar-refractivity contribution is 5.80. The normalized spacial score (nSPS) is 13.0. The number of furan rings is 1.